The van der Waals surface area contributed by atoms with Gasteiger partial charge in [0.25, 0.3) is 12.3 Å². The van der Waals surface area contributed by atoms with Crippen LogP contribution in [0.15, 0.2) is 6.20 Å². The van der Waals surface area contributed by atoms with E-state index in [0.717, 1.165) is 0 Å². The molecule has 0 fully saturated rings. The third kappa shape index (κ3) is 4.08. The Labute approximate surface area is 139 Å². The number of carbonyl (C=O) groups is 1. The number of amides is 1. The molecule has 2 rings (SSSR count). The Hall–Kier alpha value is -1.94. The Morgan fingerprint density at radius 1 is 1.39 bits per heavy atom. The van der Waals surface area contributed by atoms with Crippen LogP contribution in [0.4, 0.5) is 19.9 Å². The van der Waals surface area contributed by atoms with E-state index in [1.165, 1.54) is 6.20 Å². The van der Waals surface area contributed by atoms with E-state index < -0.39 is 17.3 Å². The van der Waals surface area contributed by atoms with Gasteiger partial charge in [0.1, 0.15) is 0 Å². The maximum atomic E-state index is 12.5. The molecular weight excluding hydrogens is 350 g/mol. The quantitative estimate of drug-likeness (QED) is 0.850. The second kappa shape index (κ2) is 7.55. The Morgan fingerprint density at radius 3 is 2.65 bits per heavy atom. The van der Waals surface area contributed by atoms with Crippen LogP contribution in [0.25, 0.3) is 0 Å². The van der Waals surface area contributed by atoms with Crippen LogP contribution in [0.3, 0.4) is 0 Å². The Balaban J connectivity index is 2.22. The highest BCUT2D eigenvalue weighted by molar-refractivity contribution is 7.15. The maximum Gasteiger partial charge on any atom is 0.291 e. The van der Waals surface area contributed by atoms with Crippen LogP contribution in [-0.4, -0.2) is 39.2 Å². The molecular formula is C12H13ClF2N6OS. The number of aromatic nitrogens is 4. The average molecular weight is 363 g/mol. The Bertz CT molecular complexity index is 694. The topological polar surface area (TPSA) is 83.9 Å². The number of hydrogen-bond donors (Lipinski definition) is 1. The third-order valence-corrected chi connectivity index (χ3v) is 3.96. The van der Waals surface area contributed by atoms with E-state index in [1.807, 2.05) is 18.7 Å². The van der Waals surface area contributed by atoms with Crippen molar-refractivity contribution < 1.29 is 13.6 Å². The number of nitrogens with one attached hydrogen (secondary N) is 1. The summed E-state index contributed by atoms with van der Waals surface area (Å²) < 4.78 is 24.9. The fourth-order valence-corrected chi connectivity index (χ4v) is 2.48. The lowest BCUT2D eigenvalue weighted by atomic mass is 10.4. The lowest BCUT2D eigenvalue weighted by Gasteiger charge is -2.18. The standard InChI is InChI=1S/C12H13ClF2N6OS/c1-3-21(4-2)11-16-5-6(13)7(17-11)9(22)18-12-20-19-10(23-12)8(14)15/h5,8H,3-4H2,1-2H3,(H,18,20,22). The van der Waals surface area contributed by atoms with E-state index in [0.29, 0.717) is 30.4 Å². The molecule has 2 aromatic heterocycles. The normalized spacial score (nSPS) is 10.9. The van der Waals surface area contributed by atoms with Crippen LogP contribution in [-0.2, 0) is 0 Å². The van der Waals surface area contributed by atoms with Crippen molar-refractivity contribution in [2.75, 3.05) is 23.3 Å². The van der Waals surface area contributed by atoms with Gasteiger partial charge in [0.05, 0.1) is 11.2 Å². The summed E-state index contributed by atoms with van der Waals surface area (Å²) >= 11 is 6.54. The van der Waals surface area contributed by atoms with Crippen LogP contribution < -0.4 is 10.2 Å². The molecule has 1 N–H and O–H groups in total. The molecule has 0 aliphatic carbocycles. The molecule has 0 radical (unpaired) electrons. The molecule has 1 amide bonds. The number of rotatable bonds is 6. The molecule has 2 heterocycles. The summed E-state index contributed by atoms with van der Waals surface area (Å²) in [6.07, 6.45) is -1.42. The fraction of sp³-hybridized carbons (Fsp3) is 0.417. The molecule has 2 aromatic rings. The summed E-state index contributed by atoms with van der Waals surface area (Å²) in [7, 11) is 0. The van der Waals surface area contributed by atoms with Crippen LogP contribution in [0, 0.1) is 0 Å². The van der Waals surface area contributed by atoms with Crippen LogP contribution in [0.5, 0.6) is 0 Å². The number of carbonyl (C=O) groups excluding carboxylic acids is 1. The summed E-state index contributed by atoms with van der Waals surface area (Å²) in [5.74, 6) is -0.308. The first kappa shape index (κ1) is 17.4. The minimum Gasteiger partial charge on any atom is -0.341 e. The zero-order chi connectivity index (χ0) is 17.0. The zero-order valence-corrected chi connectivity index (χ0v) is 13.8. The van der Waals surface area contributed by atoms with E-state index in [9.17, 15) is 13.6 Å². The average Bonchev–Trinajstić information content (AvgIpc) is 2.98. The van der Waals surface area contributed by atoms with Gasteiger partial charge in [0, 0.05) is 13.1 Å². The van der Waals surface area contributed by atoms with Crippen LogP contribution in [0.2, 0.25) is 5.02 Å². The number of hydrogen-bond acceptors (Lipinski definition) is 7. The molecule has 0 aliphatic rings. The maximum absolute atomic E-state index is 12.5. The van der Waals surface area contributed by atoms with Gasteiger partial charge < -0.3 is 4.90 Å². The molecule has 0 atom stereocenters. The van der Waals surface area contributed by atoms with Crippen molar-refractivity contribution in [3.05, 3.63) is 21.9 Å². The first-order valence-corrected chi connectivity index (χ1v) is 7.86. The SMILES string of the molecule is CCN(CC)c1ncc(Cl)c(C(=O)Nc2nnc(C(F)F)s2)n1. The highest BCUT2D eigenvalue weighted by Crippen LogP contribution is 2.26. The summed E-state index contributed by atoms with van der Waals surface area (Å²) in [6.45, 7) is 5.17. The van der Waals surface area contributed by atoms with Crippen molar-refractivity contribution in [2.24, 2.45) is 0 Å². The lowest BCUT2D eigenvalue weighted by Crippen LogP contribution is -2.25. The molecule has 11 heteroatoms. The minimum atomic E-state index is -2.74. The molecule has 0 saturated heterocycles. The molecule has 0 unspecified atom stereocenters. The second-order valence-electron chi connectivity index (χ2n) is 4.24. The third-order valence-electron chi connectivity index (χ3n) is 2.84. The predicted molar refractivity (Wildman–Crippen MR) is 83.4 cm³/mol. The van der Waals surface area contributed by atoms with Crippen molar-refractivity contribution in [3.8, 4) is 0 Å². The van der Waals surface area contributed by atoms with E-state index in [-0.39, 0.29) is 15.8 Å². The first-order valence-electron chi connectivity index (χ1n) is 6.66. The van der Waals surface area contributed by atoms with Gasteiger partial charge >= 0.3 is 0 Å². The number of anilines is 2. The zero-order valence-electron chi connectivity index (χ0n) is 12.3. The number of alkyl halides is 2. The molecule has 124 valence electrons. The smallest absolute Gasteiger partial charge is 0.291 e. The van der Waals surface area contributed by atoms with E-state index in [2.05, 4.69) is 25.5 Å². The van der Waals surface area contributed by atoms with E-state index >= 15 is 0 Å². The van der Waals surface area contributed by atoms with Crippen molar-refractivity contribution in [3.63, 3.8) is 0 Å². The van der Waals surface area contributed by atoms with Gasteiger partial charge in [-0.05, 0) is 13.8 Å². The van der Waals surface area contributed by atoms with Crippen molar-refractivity contribution >= 4 is 39.9 Å². The number of nitrogens with zero attached hydrogens (tertiary/aromatic N) is 5. The van der Waals surface area contributed by atoms with E-state index in [1.54, 1.807) is 0 Å². The summed E-state index contributed by atoms with van der Waals surface area (Å²) in [5, 5.41) is 8.65. The highest BCUT2D eigenvalue weighted by Gasteiger charge is 2.19. The largest absolute Gasteiger partial charge is 0.341 e. The van der Waals surface area contributed by atoms with Crippen molar-refractivity contribution in [2.45, 2.75) is 20.3 Å². The second-order valence-corrected chi connectivity index (χ2v) is 5.66. The van der Waals surface area contributed by atoms with E-state index in [4.69, 9.17) is 11.6 Å². The monoisotopic (exact) mass is 362 g/mol. The number of halogens is 3. The predicted octanol–water partition coefficient (Wildman–Crippen LogP) is 3.02. The summed E-state index contributed by atoms with van der Waals surface area (Å²) in [5.41, 5.74) is -0.0580. The van der Waals surface area contributed by atoms with Gasteiger partial charge in [-0.1, -0.05) is 22.9 Å². The van der Waals surface area contributed by atoms with Gasteiger partial charge in [-0.25, -0.2) is 18.7 Å². The minimum absolute atomic E-state index is 0.0515. The molecule has 0 aromatic carbocycles. The molecule has 0 aliphatic heterocycles. The summed E-state index contributed by atoms with van der Waals surface area (Å²) in [6, 6.07) is 0. The van der Waals surface area contributed by atoms with Gasteiger partial charge in [-0.3, -0.25) is 10.1 Å². The Kier molecular flexibility index (Phi) is 5.72. The Morgan fingerprint density at radius 2 is 2.09 bits per heavy atom. The first-order chi connectivity index (χ1) is 11.0. The molecule has 7 nitrogen and oxygen atoms in total. The molecule has 0 spiro atoms. The van der Waals surface area contributed by atoms with Crippen LogP contribution in [0.1, 0.15) is 35.8 Å². The lowest BCUT2D eigenvalue weighted by molar-refractivity contribution is 0.102. The van der Waals surface area contributed by atoms with Crippen molar-refractivity contribution in [1.82, 2.24) is 20.2 Å². The molecule has 0 bridgehead atoms. The van der Waals surface area contributed by atoms with Crippen LogP contribution >= 0.6 is 22.9 Å². The fourth-order valence-electron chi connectivity index (χ4n) is 1.71. The van der Waals surface area contributed by atoms with Crippen molar-refractivity contribution in [1.29, 1.82) is 0 Å². The molecule has 0 saturated carbocycles. The van der Waals surface area contributed by atoms with Gasteiger partial charge in [0.2, 0.25) is 11.1 Å². The highest BCUT2D eigenvalue weighted by atomic mass is 35.5. The molecule has 23 heavy (non-hydrogen) atoms. The van der Waals surface area contributed by atoms with Gasteiger partial charge in [0.15, 0.2) is 10.7 Å². The van der Waals surface area contributed by atoms with Gasteiger partial charge in [-0.15, -0.1) is 10.2 Å². The van der Waals surface area contributed by atoms with Gasteiger partial charge in [-0.2, -0.15) is 0 Å². The summed E-state index contributed by atoms with van der Waals surface area (Å²) in [4.78, 5) is 22.3.